The molecule has 0 aromatic carbocycles. The van der Waals surface area contributed by atoms with Gasteiger partial charge in [0, 0.05) is 29.5 Å². The Balaban J connectivity index is 1.85. The summed E-state index contributed by atoms with van der Waals surface area (Å²) in [6.07, 6.45) is 1.52. The molecule has 3 nitrogen and oxygen atoms in total. The minimum absolute atomic E-state index is 0.233. The molecule has 1 aliphatic carbocycles. The Morgan fingerprint density at radius 1 is 1.44 bits per heavy atom. The SMILES string of the molecule is CCOC1CC(NCc2nc(C)c(C)s2)C1(C)C. The summed E-state index contributed by atoms with van der Waals surface area (Å²) in [6, 6.07) is 0.540. The lowest BCUT2D eigenvalue weighted by Crippen LogP contribution is -2.60. The van der Waals surface area contributed by atoms with E-state index in [0.717, 1.165) is 25.3 Å². The fraction of sp³-hybridized carbons (Fsp3) is 0.786. The predicted molar refractivity (Wildman–Crippen MR) is 76.0 cm³/mol. The summed E-state index contributed by atoms with van der Waals surface area (Å²) < 4.78 is 5.75. The summed E-state index contributed by atoms with van der Waals surface area (Å²) in [6.45, 7) is 12.5. The van der Waals surface area contributed by atoms with Crippen LogP contribution in [-0.4, -0.2) is 23.7 Å². The van der Waals surface area contributed by atoms with Crippen LogP contribution in [0.25, 0.3) is 0 Å². The van der Waals surface area contributed by atoms with Gasteiger partial charge in [0.1, 0.15) is 5.01 Å². The fourth-order valence-electron chi connectivity index (χ4n) is 2.54. The summed E-state index contributed by atoms with van der Waals surface area (Å²) >= 11 is 1.80. The highest BCUT2D eigenvalue weighted by Crippen LogP contribution is 2.42. The Bertz CT molecular complexity index is 394. The first-order valence-corrected chi connectivity index (χ1v) is 7.54. The molecule has 1 aromatic heterocycles. The quantitative estimate of drug-likeness (QED) is 0.891. The minimum atomic E-state index is 0.233. The second kappa shape index (κ2) is 5.27. The second-order valence-electron chi connectivity index (χ2n) is 5.68. The molecule has 1 aromatic rings. The summed E-state index contributed by atoms with van der Waals surface area (Å²) in [5.74, 6) is 0. The number of thiazole rings is 1. The largest absolute Gasteiger partial charge is 0.378 e. The third-order valence-electron chi connectivity index (χ3n) is 4.12. The Morgan fingerprint density at radius 2 is 2.17 bits per heavy atom. The number of hydrogen-bond donors (Lipinski definition) is 1. The highest BCUT2D eigenvalue weighted by atomic mass is 32.1. The monoisotopic (exact) mass is 268 g/mol. The number of hydrogen-bond acceptors (Lipinski definition) is 4. The number of aryl methyl sites for hydroxylation is 2. The van der Waals surface area contributed by atoms with Crippen molar-refractivity contribution in [3.05, 3.63) is 15.6 Å². The molecule has 0 aliphatic heterocycles. The van der Waals surface area contributed by atoms with Crippen LogP contribution in [0, 0.1) is 19.3 Å². The minimum Gasteiger partial charge on any atom is -0.378 e. The lowest BCUT2D eigenvalue weighted by molar-refractivity contribution is -0.114. The number of rotatable bonds is 5. The molecule has 1 saturated carbocycles. The maximum atomic E-state index is 5.75. The van der Waals surface area contributed by atoms with Gasteiger partial charge in [-0.25, -0.2) is 4.98 Å². The van der Waals surface area contributed by atoms with E-state index >= 15 is 0 Å². The van der Waals surface area contributed by atoms with Gasteiger partial charge in [0.15, 0.2) is 0 Å². The molecule has 1 heterocycles. The Kier molecular flexibility index (Phi) is 4.09. The third kappa shape index (κ3) is 2.60. The van der Waals surface area contributed by atoms with Crippen LogP contribution < -0.4 is 5.32 Å². The van der Waals surface area contributed by atoms with Gasteiger partial charge in [0.2, 0.25) is 0 Å². The molecule has 0 amide bonds. The summed E-state index contributed by atoms with van der Waals surface area (Å²) in [5, 5.41) is 4.82. The van der Waals surface area contributed by atoms with Crippen molar-refractivity contribution in [3.63, 3.8) is 0 Å². The predicted octanol–water partition coefficient (Wildman–Crippen LogP) is 3.05. The molecular formula is C14H24N2OS. The highest BCUT2D eigenvalue weighted by molar-refractivity contribution is 7.11. The third-order valence-corrected chi connectivity index (χ3v) is 5.19. The zero-order chi connectivity index (χ0) is 13.3. The fourth-order valence-corrected chi connectivity index (χ4v) is 3.43. The van der Waals surface area contributed by atoms with Crippen LogP contribution in [-0.2, 0) is 11.3 Å². The molecule has 102 valence electrons. The van der Waals surface area contributed by atoms with Crippen molar-refractivity contribution in [2.24, 2.45) is 5.41 Å². The average molecular weight is 268 g/mol. The Labute approximate surface area is 114 Å². The van der Waals surface area contributed by atoms with E-state index in [0.29, 0.717) is 12.1 Å². The Morgan fingerprint density at radius 3 is 2.67 bits per heavy atom. The molecule has 4 heteroatoms. The molecule has 0 bridgehead atoms. The van der Waals surface area contributed by atoms with Crippen LogP contribution in [0.15, 0.2) is 0 Å². The van der Waals surface area contributed by atoms with E-state index in [1.165, 1.54) is 9.88 Å². The molecule has 1 N–H and O–H groups in total. The van der Waals surface area contributed by atoms with Gasteiger partial charge in [-0.15, -0.1) is 11.3 Å². The molecule has 2 atom stereocenters. The molecule has 1 aliphatic rings. The number of nitrogens with one attached hydrogen (secondary N) is 1. The first-order valence-electron chi connectivity index (χ1n) is 6.73. The van der Waals surface area contributed by atoms with Crippen LogP contribution >= 0.6 is 11.3 Å². The van der Waals surface area contributed by atoms with Gasteiger partial charge < -0.3 is 10.1 Å². The van der Waals surface area contributed by atoms with Crippen molar-refractivity contribution in [3.8, 4) is 0 Å². The average Bonchev–Trinajstić information content (AvgIpc) is 2.62. The second-order valence-corrected chi connectivity index (χ2v) is 6.97. The van der Waals surface area contributed by atoms with E-state index in [-0.39, 0.29) is 5.41 Å². The van der Waals surface area contributed by atoms with Gasteiger partial charge in [-0.2, -0.15) is 0 Å². The van der Waals surface area contributed by atoms with Crippen molar-refractivity contribution in [2.75, 3.05) is 6.61 Å². The molecular weight excluding hydrogens is 244 g/mol. The van der Waals surface area contributed by atoms with Gasteiger partial charge >= 0.3 is 0 Å². The first-order chi connectivity index (χ1) is 8.45. The summed E-state index contributed by atoms with van der Waals surface area (Å²) in [5.41, 5.74) is 1.40. The van der Waals surface area contributed by atoms with Crippen LogP contribution in [0.3, 0.4) is 0 Å². The van der Waals surface area contributed by atoms with Gasteiger partial charge in [-0.3, -0.25) is 0 Å². The van der Waals surface area contributed by atoms with Crippen molar-refractivity contribution in [2.45, 2.75) is 59.7 Å². The normalized spacial score (nSPS) is 26.1. The molecule has 0 radical (unpaired) electrons. The number of ether oxygens (including phenoxy) is 1. The highest BCUT2D eigenvalue weighted by Gasteiger charge is 2.48. The summed E-state index contributed by atoms with van der Waals surface area (Å²) in [7, 11) is 0. The van der Waals surface area contributed by atoms with Crippen molar-refractivity contribution in [1.82, 2.24) is 10.3 Å². The number of aromatic nitrogens is 1. The molecule has 1 fully saturated rings. The first kappa shape index (κ1) is 14.0. The molecule has 2 unspecified atom stereocenters. The Hall–Kier alpha value is -0.450. The van der Waals surface area contributed by atoms with Gasteiger partial charge in [0.25, 0.3) is 0 Å². The van der Waals surface area contributed by atoms with Crippen LogP contribution in [0.4, 0.5) is 0 Å². The lowest BCUT2D eigenvalue weighted by atomic mass is 9.64. The molecule has 0 saturated heterocycles. The van der Waals surface area contributed by atoms with Crippen molar-refractivity contribution >= 4 is 11.3 Å². The zero-order valence-electron chi connectivity index (χ0n) is 12.0. The van der Waals surface area contributed by atoms with E-state index in [9.17, 15) is 0 Å². The van der Waals surface area contributed by atoms with Gasteiger partial charge in [0.05, 0.1) is 11.8 Å². The maximum Gasteiger partial charge on any atom is 0.107 e. The van der Waals surface area contributed by atoms with Crippen LogP contribution in [0.2, 0.25) is 0 Å². The molecule has 2 rings (SSSR count). The molecule has 0 spiro atoms. The topological polar surface area (TPSA) is 34.1 Å². The zero-order valence-corrected chi connectivity index (χ0v) is 12.9. The smallest absolute Gasteiger partial charge is 0.107 e. The van der Waals surface area contributed by atoms with Gasteiger partial charge in [-0.05, 0) is 27.2 Å². The van der Waals surface area contributed by atoms with E-state index in [1.54, 1.807) is 11.3 Å². The van der Waals surface area contributed by atoms with E-state index in [4.69, 9.17) is 4.74 Å². The van der Waals surface area contributed by atoms with Crippen LogP contribution in [0.5, 0.6) is 0 Å². The summed E-state index contributed by atoms with van der Waals surface area (Å²) in [4.78, 5) is 5.89. The van der Waals surface area contributed by atoms with E-state index in [1.807, 2.05) is 0 Å². The lowest BCUT2D eigenvalue weighted by Gasteiger charge is -2.51. The van der Waals surface area contributed by atoms with Crippen molar-refractivity contribution < 1.29 is 4.74 Å². The molecule has 18 heavy (non-hydrogen) atoms. The van der Waals surface area contributed by atoms with Crippen molar-refractivity contribution in [1.29, 1.82) is 0 Å². The van der Waals surface area contributed by atoms with E-state index in [2.05, 4.69) is 44.9 Å². The standard InChI is InChI=1S/C14H24N2OS/c1-6-17-12-7-11(14(12,4)5)15-8-13-16-9(2)10(3)18-13/h11-12,15H,6-8H2,1-5H3. The maximum absolute atomic E-state index is 5.75. The number of nitrogens with zero attached hydrogens (tertiary/aromatic N) is 1. The van der Waals surface area contributed by atoms with E-state index < -0.39 is 0 Å². The van der Waals surface area contributed by atoms with Gasteiger partial charge in [-0.1, -0.05) is 13.8 Å². The van der Waals surface area contributed by atoms with Crippen LogP contribution in [0.1, 0.15) is 42.8 Å².